The van der Waals surface area contributed by atoms with Gasteiger partial charge < -0.3 is 0 Å². The fourth-order valence-corrected chi connectivity index (χ4v) is 2.28. The van der Waals surface area contributed by atoms with Crippen LogP contribution in [-0.2, 0) is 6.42 Å². The molecular weight excluding hydrogens is 212 g/mol. The van der Waals surface area contributed by atoms with Gasteiger partial charge in [-0.25, -0.2) is 9.97 Å². The van der Waals surface area contributed by atoms with E-state index in [9.17, 15) is 4.79 Å². The number of hydrogen-bond acceptors (Lipinski definition) is 3. The highest BCUT2D eigenvalue weighted by atomic mass is 16.1. The van der Waals surface area contributed by atoms with Crippen LogP contribution in [0.4, 0.5) is 0 Å². The monoisotopic (exact) mass is 232 g/mol. The third kappa shape index (κ3) is 2.24. The van der Waals surface area contributed by atoms with Crippen molar-refractivity contribution in [1.82, 2.24) is 9.97 Å². The Morgan fingerprint density at radius 3 is 2.29 bits per heavy atom. The summed E-state index contributed by atoms with van der Waals surface area (Å²) in [6.45, 7) is 8.40. The molecule has 1 aliphatic carbocycles. The Kier molecular flexibility index (Phi) is 3.27. The van der Waals surface area contributed by atoms with Crippen LogP contribution in [0.1, 0.15) is 79.9 Å². The van der Waals surface area contributed by atoms with Gasteiger partial charge in [-0.2, -0.15) is 0 Å². The largest absolute Gasteiger partial charge is 0.292 e. The second-order valence-corrected chi connectivity index (χ2v) is 5.38. The molecule has 3 heteroatoms. The Morgan fingerprint density at radius 2 is 1.71 bits per heavy atom. The lowest BCUT2D eigenvalue weighted by molar-refractivity contribution is 0.0966. The number of fused-ring (bicyclic) bond motifs is 1. The number of hydrogen-bond donors (Lipinski definition) is 0. The molecule has 0 unspecified atom stereocenters. The van der Waals surface area contributed by atoms with Crippen LogP contribution in [-0.4, -0.2) is 15.8 Å². The highest BCUT2D eigenvalue weighted by Crippen LogP contribution is 2.28. The van der Waals surface area contributed by atoms with E-state index in [0.29, 0.717) is 18.0 Å². The lowest BCUT2D eigenvalue weighted by Gasteiger charge is -2.20. The minimum atomic E-state index is 0.192. The Bertz CT molecular complexity index is 450. The van der Waals surface area contributed by atoms with E-state index in [1.807, 2.05) is 0 Å². The summed E-state index contributed by atoms with van der Waals surface area (Å²) in [5.41, 5.74) is 2.87. The van der Waals surface area contributed by atoms with Gasteiger partial charge in [0.25, 0.3) is 0 Å². The van der Waals surface area contributed by atoms with Crippen LogP contribution >= 0.6 is 0 Å². The van der Waals surface area contributed by atoms with Crippen molar-refractivity contribution in [2.24, 2.45) is 0 Å². The van der Waals surface area contributed by atoms with Gasteiger partial charge in [0, 0.05) is 17.9 Å². The Labute approximate surface area is 103 Å². The highest BCUT2D eigenvalue weighted by Gasteiger charge is 2.25. The SMILES string of the molecule is CC(C)c1nc2c(c(C(C)C)n1)CCCC2=O. The number of ketones is 1. The Morgan fingerprint density at radius 1 is 1.00 bits per heavy atom. The van der Waals surface area contributed by atoms with Crippen LogP contribution in [0.15, 0.2) is 0 Å². The predicted octanol–water partition coefficient (Wildman–Crippen LogP) is 3.24. The fraction of sp³-hybridized carbons (Fsp3) is 0.643. The fourth-order valence-electron chi connectivity index (χ4n) is 2.28. The van der Waals surface area contributed by atoms with Gasteiger partial charge in [-0.3, -0.25) is 4.79 Å². The number of nitrogens with zero attached hydrogens (tertiary/aromatic N) is 2. The zero-order valence-electron chi connectivity index (χ0n) is 11.1. The van der Waals surface area contributed by atoms with Crippen LogP contribution in [0, 0.1) is 0 Å². The van der Waals surface area contributed by atoms with Crippen LogP contribution in [0.5, 0.6) is 0 Å². The number of aromatic nitrogens is 2. The van der Waals surface area contributed by atoms with Crippen molar-refractivity contribution in [1.29, 1.82) is 0 Å². The summed E-state index contributed by atoms with van der Waals surface area (Å²) in [5, 5.41) is 0. The molecule has 0 N–H and O–H groups in total. The highest BCUT2D eigenvalue weighted by molar-refractivity contribution is 5.96. The summed E-state index contributed by atoms with van der Waals surface area (Å²) in [6, 6.07) is 0. The minimum absolute atomic E-state index is 0.192. The molecule has 3 nitrogen and oxygen atoms in total. The second-order valence-electron chi connectivity index (χ2n) is 5.38. The normalized spacial score (nSPS) is 15.5. The first kappa shape index (κ1) is 12.2. The summed E-state index contributed by atoms with van der Waals surface area (Å²) in [6.07, 6.45) is 2.53. The van der Waals surface area contributed by atoms with Crippen molar-refractivity contribution in [2.45, 2.75) is 58.8 Å². The maximum atomic E-state index is 11.9. The molecule has 0 atom stereocenters. The van der Waals surface area contributed by atoms with E-state index in [4.69, 9.17) is 0 Å². The van der Waals surface area contributed by atoms with Gasteiger partial charge in [0.2, 0.25) is 0 Å². The van der Waals surface area contributed by atoms with E-state index in [1.54, 1.807) is 0 Å². The molecule has 1 heterocycles. The van der Waals surface area contributed by atoms with Crippen molar-refractivity contribution in [3.05, 3.63) is 22.8 Å². The van der Waals surface area contributed by atoms with Gasteiger partial charge in [-0.1, -0.05) is 27.7 Å². The summed E-state index contributed by atoms with van der Waals surface area (Å²) >= 11 is 0. The maximum Gasteiger partial charge on any atom is 0.181 e. The first-order valence-electron chi connectivity index (χ1n) is 6.44. The summed E-state index contributed by atoms with van der Waals surface area (Å²) in [4.78, 5) is 21.1. The number of carbonyl (C=O) groups excluding carboxylic acids is 1. The molecule has 0 bridgehead atoms. The molecule has 0 saturated heterocycles. The second kappa shape index (κ2) is 4.55. The molecule has 0 aliphatic heterocycles. The number of Topliss-reactive ketones (excluding diaryl/α,β-unsaturated/α-hetero) is 1. The molecule has 92 valence electrons. The van der Waals surface area contributed by atoms with Crippen LogP contribution in [0.25, 0.3) is 0 Å². The van der Waals surface area contributed by atoms with Gasteiger partial charge in [-0.15, -0.1) is 0 Å². The zero-order chi connectivity index (χ0) is 12.6. The molecule has 0 fully saturated rings. The quantitative estimate of drug-likeness (QED) is 0.786. The number of rotatable bonds is 2. The third-order valence-electron chi connectivity index (χ3n) is 3.21. The first-order valence-corrected chi connectivity index (χ1v) is 6.44. The van der Waals surface area contributed by atoms with E-state index in [-0.39, 0.29) is 11.7 Å². The maximum absolute atomic E-state index is 11.9. The van der Waals surface area contributed by atoms with E-state index >= 15 is 0 Å². The van der Waals surface area contributed by atoms with Gasteiger partial charge >= 0.3 is 0 Å². The average Bonchev–Trinajstić information content (AvgIpc) is 2.28. The van der Waals surface area contributed by atoms with Crippen LogP contribution in [0.3, 0.4) is 0 Å². The van der Waals surface area contributed by atoms with Crippen molar-refractivity contribution in [2.75, 3.05) is 0 Å². The lowest BCUT2D eigenvalue weighted by Crippen LogP contribution is -2.19. The van der Waals surface area contributed by atoms with Gasteiger partial charge in [0.1, 0.15) is 11.5 Å². The van der Waals surface area contributed by atoms with E-state index in [2.05, 4.69) is 37.7 Å². The molecule has 0 aromatic carbocycles. The first-order chi connectivity index (χ1) is 8.00. The molecule has 1 aromatic heterocycles. The molecule has 0 spiro atoms. The van der Waals surface area contributed by atoms with Crippen LogP contribution in [0.2, 0.25) is 0 Å². The molecule has 1 aromatic rings. The van der Waals surface area contributed by atoms with Gasteiger partial charge in [-0.05, 0) is 18.8 Å². The van der Waals surface area contributed by atoms with Gasteiger partial charge in [0.05, 0.1) is 5.69 Å². The van der Waals surface area contributed by atoms with Crippen LogP contribution < -0.4 is 0 Å². The Balaban J connectivity index is 2.62. The van der Waals surface area contributed by atoms with Gasteiger partial charge in [0.15, 0.2) is 5.78 Å². The topological polar surface area (TPSA) is 42.9 Å². The summed E-state index contributed by atoms with van der Waals surface area (Å²) < 4.78 is 0. The molecule has 0 saturated carbocycles. The summed E-state index contributed by atoms with van der Waals surface area (Å²) in [5.74, 6) is 1.63. The van der Waals surface area contributed by atoms with E-state index in [1.165, 1.54) is 0 Å². The van der Waals surface area contributed by atoms with Crippen molar-refractivity contribution in [3.8, 4) is 0 Å². The predicted molar refractivity (Wildman–Crippen MR) is 67.5 cm³/mol. The smallest absolute Gasteiger partial charge is 0.181 e. The molecular formula is C14H20N2O. The molecule has 17 heavy (non-hydrogen) atoms. The van der Waals surface area contributed by atoms with Crippen molar-refractivity contribution < 1.29 is 4.79 Å². The third-order valence-corrected chi connectivity index (χ3v) is 3.21. The minimum Gasteiger partial charge on any atom is -0.292 e. The summed E-state index contributed by atoms with van der Waals surface area (Å²) in [7, 11) is 0. The lowest BCUT2D eigenvalue weighted by atomic mass is 9.90. The average molecular weight is 232 g/mol. The zero-order valence-corrected chi connectivity index (χ0v) is 11.1. The molecule has 0 radical (unpaired) electrons. The van der Waals surface area contributed by atoms with E-state index < -0.39 is 0 Å². The van der Waals surface area contributed by atoms with Crippen molar-refractivity contribution in [3.63, 3.8) is 0 Å². The van der Waals surface area contributed by atoms with Crippen molar-refractivity contribution >= 4 is 5.78 Å². The van der Waals surface area contributed by atoms with E-state index in [0.717, 1.165) is 29.9 Å². The standard InChI is InChI=1S/C14H20N2O/c1-8(2)12-10-6-5-7-11(17)13(10)16-14(15-12)9(3)4/h8-9H,5-7H2,1-4H3. The number of carbonyl (C=O) groups is 1. The molecule has 0 amide bonds. The molecule has 2 rings (SSSR count). The molecule has 1 aliphatic rings. The Hall–Kier alpha value is -1.25.